The zero-order valence-electron chi connectivity index (χ0n) is 18.5. The third kappa shape index (κ3) is 4.74. The number of carbonyl (C=O) groups is 2. The fraction of sp³-hybridized carbons (Fsp3) is 0.542. The van der Waals surface area contributed by atoms with Crippen molar-refractivity contribution in [3.63, 3.8) is 0 Å². The monoisotopic (exact) mass is 412 g/mol. The number of hydrogen-bond acceptors (Lipinski definition) is 5. The molecule has 30 heavy (non-hydrogen) atoms. The van der Waals surface area contributed by atoms with Gasteiger partial charge in [0.15, 0.2) is 0 Å². The molecule has 6 heteroatoms. The van der Waals surface area contributed by atoms with Gasteiger partial charge in [-0.15, -0.1) is 0 Å². The number of nitrogens with zero attached hydrogens (tertiary/aromatic N) is 2. The van der Waals surface area contributed by atoms with Crippen molar-refractivity contribution in [1.29, 1.82) is 0 Å². The van der Waals surface area contributed by atoms with Crippen molar-refractivity contribution in [3.8, 4) is 0 Å². The Kier molecular flexibility index (Phi) is 6.95. The zero-order valence-corrected chi connectivity index (χ0v) is 18.5. The first-order valence-electron chi connectivity index (χ1n) is 10.8. The Bertz CT molecular complexity index is 885. The van der Waals surface area contributed by atoms with E-state index in [1.54, 1.807) is 0 Å². The number of likely N-dealkylation sites (tertiary alicyclic amines) is 1. The van der Waals surface area contributed by atoms with Crippen molar-refractivity contribution < 1.29 is 18.8 Å². The molecule has 1 amide bonds. The third-order valence-corrected chi connectivity index (χ3v) is 6.20. The number of carbonyl (C=O) groups excluding carboxylic acids is 2. The van der Waals surface area contributed by atoms with Gasteiger partial charge >= 0.3 is 5.97 Å². The normalized spacial score (nSPS) is 19.0. The highest BCUT2D eigenvalue weighted by atomic mass is 16.5. The van der Waals surface area contributed by atoms with E-state index < -0.39 is 5.41 Å². The van der Waals surface area contributed by atoms with Gasteiger partial charge in [0, 0.05) is 25.1 Å². The summed E-state index contributed by atoms with van der Waals surface area (Å²) in [5, 5.41) is 3.97. The van der Waals surface area contributed by atoms with Gasteiger partial charge in [-0.2, -0.15) is 0 Å². The lowest BCUT2D eigenvalue weighted by Crippen LogP contribution is -2.51. The summed E-state index contributed by atoms with van der Waals surface area (Å²) in [6.45, 7) is 9.07. The van der Waals surface area contributed by atoms with Crippen LogP contribution >= 0.6 is 0 Å². The first kappa shape index (κ1) is 22.1. The van der Waals surface area contributed by atoms with E-state index in [0.29, 0.717) is 39.0 Å². The second kappa shape index (κ2) is 9.45. The Morgan fingerprint density at radius 2 is 2.00 bits per heavy atom. The summed E-state index contributed by atoms with van der Waals surface area (Å²) in [5.41, 5.74) is 3.42. The van der Waals surface area contributed by atoms with E-state index in [1.165, 1.54) is 0 Å². The molecule has 0 radical (unpaired) electrons. The Balaban J connectivity index is 1.76. The molecule has 0 aliphatic carbocycles. The van der Waals surface area contributed by atoms with Gasteiger partial charge < -0.3 is 14.2 Å². The van der Waals surface area contributed by atoms with Crippen molar-refractivity contribution in [2.45, 2.75) is 59.8 Å². The van der Waals surface area contributed by atoms with Crippen LogP contribution in [0, 0.1) is 26.2 Å². The largest absolute Gasteiger partial charge is 0.466 e. The van der Waals surface area contributed by atoms with Crippen LogP contribution in [0.4, 0.5) is 0 Å². The van der Waals surface area contributed by atoms with Crippen LogP contribution in [0.5, 0.6) is 0 Å². The van der Waals surface area contributed by atoms with Crippen molar-refractivity contribution in [1.82, 2.24) is 10.1 Å². The maximum Gasteiger partial charge on any atom is 0.314 e. The van der Waals surface area contributed by atoms with E-state index in [1.807, 2.05) is 37.8 Å². The minimum absolute atomic E-state index is 0.0631. The molecule has 1 aromatic heterocycles. The van der Waals surface area contributed by atoms with Crippen LogP contribution in [0.2, 0.25) is 0 Å². The number of piperidine rings is 1. The highest BCUT2D eigenvalue weighted by molar-refractivity contribution is 5.81. The van der Waals surface area contributed by atoms with E-state index in [0.717, 1.165) is 41.0 Å². The lowest BCUT2D eigenvalue weighted by atomic mass is 9.74. The fourth-order valence-corrected chi connectivity index (χ4v) is 4.43. The molecule has 2 aromatic rings. The fourth-order valence-electron chi connectivity index (χ4n) is 4.43. The summed E-state index contributed by atoms with van der Waals surface area (Å²) in [4.78, 5) is 27.9. The number of esters is 1. The van der Waals surface area contributed by atoms with Gasteiger partial charge in [-0.25, -0.2) is 0 Å². The standard InChI is InChI=1S/C24H32N2O4/c1-5-29-23(28)24(15-20-10-7-6-9-17(20)2)13-8-14-26(16-24)22(27)12-11-21-18(3)25-30-19(21)4/h6-7,9-10H,5,8,11-16H2,1-4H3/t24-/m0/s1. The molecule has 0 bridgehead atoms. The van der Waals surface area contributed by atoms with Gasteiger partial charge in [-0.1, -0.05) is 29.4 Å². The molecule has 3 rings (SSSR count). The number of hydrogen-bond donors (Lipinski definition) is 0. The first-order valence-corrected chi connectivity index (χ1v) is 10.8. The molecule has 0 spiro atoms. The number of amides is 1. The van der Waals surface area contributed by atoms with Gasteiger partial charge in [0.05, 0.1) is 17.7 Å². The number of benzene rings is 1. The molecule has 1 aliphatic heterocycles. The third-order valence-electron chi connectivity index (χ3n) is 6.20. The van der Waals surface area contributed by atoms with Gasteiger partial charge in [0.2, 0.25) is 5.91 Å². The van der Waals surface area contributed by atoms with Gasteiger partial charge in [0.25, 0.3) is 0 Å². The summed E-state index contributed by atoms with van der Waals surface area (Å²) in [6, 6.07) is 8.12. The van der Waals surface area contributed by atoms with E-state index in [9.17, 15) is 9.59 Å². The minimum atomic E-state index is -0.695. The van der Waals surface area contributed by atoms with Gasteiger partial charge in [-0.05, 0) is 64.5 Å². The molecule has 0 saturated carbocycles. The zero-order chi connectivity index (χ0) is 21.7. The molecule has 1 atom stereocenters. The number of aryl methyl sites for hydroxylation is 3. The van der Waals surface area contributed by atoms with Crippen molar-refractivity contribution in [3.05, 3.63) is 52.4 Å². The highest BCUT2D eigenvalue weighted by Crippen LogP contribution is 2.36. The molecule has 1 saturated heterocycles. The number of rotatable bonds is 7. The van der Waals surface area contributed by atoms with E-state index in [4.69, 9.17) is 9.26 Å². The summed E-state index contributed by atoms with van der Waals surface area (Å²) in [5.74, 6) is 0.629. The Hall–Kier alpha value is -2.63. The van der Waals surface area contributed by atoms with Crippen molar-refractivity contribution in [2.24, 2.45) is 5.41 Å². The molecular formula is C24H32N2O4. The number of aromatic nitrogens is 1. The van der Waals surface area contributed by atoms with Gasteiger partial charge in [-0.3, -0.25) is 9.59 Å². The predicted octanol–water partition coefficient (Wildman–Crippen LogP) is 3.95. The predicted molar refractivity (Wildman–Crippen MR) is 114 cm³/mol. The highest BCUT2D eigenvalue weighted by Gasteiger charge is 2.44. The quantitative estimate of drug-likeness (QED) is 0.644. The van der Waals surface area contributed by atoms with Crippen molar-refractivity contribution in [2.75, 3.05) is 19.7 Å². The number of ether oxygens (including phenoxy) is 1. The summed E-state index contributed by atoms with van der Waals surface area (Å²) in [7, 11) is 0. The van der Waals surface area contributed by atoms with Gasteiger partial charge in [0.1, 0.15) is 5.76 Å². The van der Waals surface area contributed by atoms with E-state index >= 15 is 0 Å². The molecule has 1 aromatic carbocycles. The van der Waals surface area contributed by atoms with Crippen LogP contribution < -0.4 is 0 Å². The first-order chi connectivity index (χ1) is 14.4. The maximum absolute atomic E-state index is 13.1. The second-order valence-corrected chi connectivity index (χ2v) is 8.33. The molecule has 0 unspecified atom stereocenters. The molecule has 162 valence electrons. The SMILES string of the molecule is CCOC(=O)[C@]1(Cc2ccccc2C)CCCN(C(=O)CCc2c(C)noc2C)C1. The molecule has 2 heterocycles. The minimum Gasteiger partial charge on any atom is -0.466 e. The van der Waals surface area contributed by atoms with Crippen molar-refractivity contribution >= 4 is 11.9 Å². The molecule has 6 nitrogen and oxygen atoms in total. The van der Waals surface area contributed by atoms with Crippen LogP contribution in [-0.2, 0) is 27.2 Å². The lowest BCUT2D eigenvalue weighted by Gasteiger charge is -2.41. The molecule has 1 fully saturated rings. The second-order valence-electron chi connectivity index (χ2n) is 8.33. The Labute approximate surface area is 178 Å². The Morgan fingerprint density at radius 3 is 2.67 bits per heavy atom. The van der Waals surface area contributed by atoms with Crippen LogP contribution in [0.15, 0.2) is 28.8 Å². The van der Waals surface area contributed by atoms with E-state index in [-0.39, 0.29) is 11.9 Å². The molecule has 1 aliphatic rings. The van der Waals surface area contributed by atoms with E-state index in [2.05, 4.69) is 24.2 Å². The lowest BCUT2D eigenvalue weighted by molar-refractivity contribution is -0.160. The maximum atomic E-state index is 13.1. The van der Waals surface area contributed by atoms with Crippen LogP contribution in [0.25, 0.3) is 0 Å². The average molecular weight is 413 g/mol. The smallest absolute Gasteiger partial charge is 0.314 e. The summed E-state index contributed by atoms with van der Waals surface area (Å²) >= 11 is 0. The Morgan fingerprint density at radius 1 is 1.23 bits per heavy atom. The van der Waals surface area contributed by atoms with Crippen LogP contribution in [0.3, 0.4) is 0 Å². The average Bonchev–Trinajstić information content (AvgIpc) is 3.05. The topological polar surface area (TPSA) is 72.6 Å². The molecular weight excluding hydrogens is 380 g/mol. The summed E-state index contributed by atoms with van der Waals surface area (Å²) in [6.07, 6.45) is 3.09. The van der Waals surface area contributed by atoms with Crippen LogP contribution in [0.1, 0.15) is 54.3 Å². The van der Waals surface area contributed by atoms with Crippen LogP contribution in [-0.4, -0.2) is 41.6 Å². The molecule has 0 N–H and O–H groups in total. The summed E-state index contributed by atoms with van der Waals surface area (Å²) < 4.78 is 10.7.